The van der Waals surface area contributed by atoms with Crippen LogP contribution in [0.3, 0.4) is 0 Å². The number of hydrogen-bond acceptors (Lipinski definition) is 3. The van der Waals surface area contributed by atoms with E-state index in [1.165, 1.54) is 11.6 Å². The van der Waals surface area contributed by atoms with E-state index in [-0.39, 0.29) is 0 Å². The zero-order valence-corrected chi connectivity index (χ0v) is 22.3. The monoisotopic (exact) mass is 395 g/mol. The summed E-state index contributed by atoms with van der Waals surface area (Å²) >= 11 is 0. The molecule has 0 saturated carbocycles. The van der Waals surface area contributed by atoms with Crippen LogP contribution in [0, 0.1) is 5.54 Å². The molecule has 0 aliphatic heterocycles. The summed E-state index contributed by atoms with van der Waals surface area (Å²) < 4.78 is 19.4. The fraction of sp³-hybridized carbons (Fsp3) is 0.929. The van der Waals surface area contributed by atoms with E-state index in [1.807, 2.05) is 0 Å². The van der Waals surface area contributed by atoms with Crippen LogP contribution in [0.1, 0.15) is 13.8 Å². The molecule has 0 aromatic rings. The Morgan fingerprint density at radius 1 is 0.773 bits per heavy atom. The van der Waals surface area contributed by atoms with Crippen LogP contribution < -0.4 is 0 Å². The second-order valence-electron chi connectivity index (χ2n) is 9.03. The molecule has 0 bridgehead atoms. The second kappa shape index (κ2) is 8.37. The van der Waals surface area contributed by atoms with Gasteiger partial charge in [0.2, 0.25) is 0 Å². The highest BCUT2D eigenvalue weighted by Gasteiger charge is 2.40. The molecule has 0 heterocycles. The lowest BCUT2D eigenvalue weighted by Gasteiger charge is -2.38. The van der Waals surface area contributed by atoms with Gasteiger partial charge in [0, 0.05) is 0 Å². The summed E-state index contributed by atoms with van der Waals surface area (Å²) in [7, 11) is -7.21. The molecule has 0 aliphatic carbocycles. The molecule has 0 fully saturated rings. The van der Waals surface area contributed by atoms with Crippen molar-refractivity contribution < 1.29 is 12.3 Å². The molecule has 0 spiro atoms. The van der Waals surface area contributed by atoms with Crippen LogP contribution in [-0.2, 0) is 12.3 Å². The van der Waals surface area contributed by atoms with Crippen molar-refractivity contribution in [1.82, 2.24) is 0 Å². The lowest BCUT2D eigenvalue weighted by molar-refractivity contribution is 0.385. The lowest BCUT2D eigenvalue weighted by atomic mass is 10.6. The standard InChI is InChI=1S/C14H39O3Si5/c1-14(2)21(9,10)15-18-12-13-22(11,16-19(3,4)5)17-20(6,7)8/h12-13,18H2,1-11H3. The smallest absolute Gasteiger partial charge is 0.314 e. The summed E-state index contributed by atoms with van der Waals surface area (Å²) in [6, 6.07) is 2.28. The van der Waals surface area contributed by atoms with Crippen LogP contribution in [0.5, 0.6) is 0 Å². The van der Waals surface area contributed by atoms with Crippen molar-refractivity contribution in [3.63, 3.8) is 0 Å². The third-order valence-corrected chi connectivity index (χ3v) is 20.6. The van der Waals surface area contributed by atoms with Gasteiger partial charge < -0.3 is 12.3 Å². The Labute approximate surface area is 146 Å². The highest BCUT2D eigenvalue weighted by Crippen LogP contribution is 2.26. The molecule has 0 aromatic heterocycles. The van der Waals surface area contributed by atoms with Gasteiger partial charge in [-0.2, -0.15) is 0 Å². The summed E-state index contributed by atoms with van der Waals surface area (Å²) in [5.41, 5.74) is 1.48. The molecule has 0 saturated heterocycles. The Bertz CT molecular complexity index is 318. The van der Waals surface area contributed by atoms with Gasteiger partial charge in [0.1, 0.15) is 9.76 Å². The highest BCUT2D eigenvalue weighted by atomic mass is 28.5. The van der Waals surface area contributed by atoms with E-state index in [0.717, 1.165) is 6.04 Å². The summed E-state index contributed by atoms with van der Waals surface area (Å²) in [5, 5.41) is 0. The van der Waals surface area contributed by atoms with Crippen molar-refractivity contribution in [2.75, 3.05) is 0 Å². The number of hydrogen-bond donors (Lipinski definition) is 0. The Balaban J connectivity index is 4.61. The molecule has 0 atom stereocenters. The van der Waals surface area contributed by atoms with Gasteiger partial charge in [0.15, 0.2) is 25.0 Å². The van der Waals surface area contributed by atoms with Crippen LogP contribution in [0.25, 0.3) is 0 Å². The highest BCUT2D eigenvalue weighted by molar-refractivity contribution is 6.88. The first-order valence-electron chi connectivity index (χ1n) is 8.41. The Hall–Kier alpha value is 0.964. The Morgan fingerprint density at radius 2 is 1.18 bits per heavy atom. The molecule has 3 nitrogen and oxygen atoms in total. The van der Waals surface area contributed by atoms with E-state index in [1.54, 1.807) is 0 Å². The average Bonchev–Trinajstić information content (AvgIpc) is 2.18. The summed E-state index contributed by atoms with van der Waals surface area (Å²) in [6.45, 7) is 24.9. The fourth-order valence-electron chi connectivity index (χ4n) is 2.28. The summed E-state index contributed by atoms with van der Waals surface area (Å²) in [4.78, 5) is 0. The van der Waals surface area contributed by atoms with Gasteiger partial charge >= 0.3 is 8.56 Å². The van der Waals surface area contributed by atoms with Gasteiger partial charge in [-0.3, -0.25) is 0 Å². The Kier molecular flexibility index (Phi) is 8.74. The van der Waals surface area contributed by atoms with Crippen molar-refractivity contribution in [3.8, 4) is 0 Å². The van der Waals surface area contributed by atoms with Crippen molar-refractivity contribution >= 4 is 43.3 Å². The van der Waals surface area contributed by atoms with E-state index in [4.69, 9.17) is 12.3 Å². The van der Waals surface area contributed by atoms with Crippen LogP contribution >= 0.6 is 0 Å². The van der Waals surface area contributed by atoms with Gasteiger partial charge in [-0.05, 0) is 76.6 Å². The molecule has 0 amide bonds. The van der Waals surface area contributed by atoms with E-state index >= 15 is 0 Å². The zero-order valence-electron chi connectivity index (χ0n) is 16.8. The molecule has 0 aromatic carbocycles. The first-order chi connectivity index (χ1) is 9.56. The molecule has 133 valence electrons. The van der Waals surface area contributed by atoms with Crippen molar-refractivity contribution in [2.45, 2.75) is 84.9 Å². The molecule has 0 unspecified atom stereocenters. The van der Waals surface area contributed by atoms with Crippen LogP contribution in [-0.4, -0.2) is 43.3 Å². The minimum absolute atomic E-state index is 0.475. The maximum absolute atomic E-state index is 6.54. The molecule has 1 radical (unpaired) electrons. The third kappa shape index (κ3) is 10.7. The first kappa shape index (κ1) is 23.0. The lowest BCUT2D eigenvalue weighted by Crippen LogP contribution is -2.52. The average molecular weight is 396 g/mol. The molecular weight excluding hydrogens is 357 g/mol. The van der Waals surface area contributed by atoms with E-state index in [2.05, 4.69) is 72.8 Å². The molecular formula is C14H39O3Si5. The predicted octanol–water partition coefficient (Wildman–Crippen LogP) is 4.64. The van der Waals surface area contributed by atoms with Crippen molar-refractivity contribution in [2.24, 2.45) is 0 Å². The predicted molar refractivity (Wildman–Crippen MR) is 112 cm³/mol. The second-order valence-corrected chi connectivity index (χ2v) is 28.2. The fourth-order valence-corrected chi connectivity index (χ4v) is 20.9. The first-order valence-corrected chi connectivity index (χ1v) is 22.2. The van der Waals surface area contributed by atoms with Gasteiger partial charge in [-0.1, -0.05) is 13.8 Å². The molecule has 0 N–H and O–H groups in total. The van der Waals surface area contributed by atoms with Gasteiger partial charge in [0.05, 0.1) is 0 Å². The normalized spacial score (nSPS) is 15.3. The summed E-state index contributed by atoms with van der Waals surface area (Å²) in [6.07, 6.45) is 0. The van der Waals surface area contributed by atoms with Crippen molar-refractivity contribution in [1.29, 1.82) is 0 Å². The minimum atomic E-state index is -2.06. The Morgan fingerprint density at radius 3 is 1.50 bits per heavy atom. The largest absolute Gasteiger partial charge is 0.460 e. The maximum atomic E-state index is 6.54. The molecule has 8 heteroatoms. The zero-order chi connectivity index (χ0) is 17.8. The maximum Gasteiger partial charge on any atom is 0.314 e. The quantitative estimate of drug-likeness (QED) is 0.398. The van der Waals surface area contributed by atoms with Gasteiger partial charge in [0.25, 0.3) is 0 Å². The van der Waals surface area contributed by atoms with Crippen LogP contribution in [0.15, 0.2) is 0 Å². The van der Waals surface area contributed by atoms with Crippen LogP contribution in [0.4, 0.5) is 0 Å². The molecule has 22 heavy (non-hydrogen) atoms. The van der Waals surface area contributed by atoms with E-state index in [0.29, 0.717) is 0 Å². The van der Waals surface area contributed by atoms with E-state index < -0.39 is 43.3 Å². The molecule has 0 aliphatic rings. The summed E-state index contributed by atoms with van der Waals surface area (Å²) in [5.74, 6) is 0. The van der Waals surface area contributed by atoms with Crippen LogP contribution in [0.2, 0.25) is 71.0 Å². The van der Waals surface area contributed by atoms with Crippen molar-refractivity contribution in [3.05, 3.63) is 5.54 Å². The van der Waals surface area contributed by atoms with E-state index in [9.17, 15) is 0 Å². The minimum Gasteiger partial charge on any atom is -0.460 e. The third-order valence-electron chi connectivity index (χ3n) is 3.49. The van der Waals surface area contributed by atoms with Gasteiger partial charge in [-0.25, -0.2) is 0 Å². The number of rotatable bonds is 10. The van der Waals surface area contributed by atoms with Gasteiger partial charge in [-0.15, -0.1) is 0 Å². The topological polar surface area (TPSA) is 27.7 Å². The molecule has 0 rings (SSSR count). The SMILES string of the molecule is C[C](C)[Si](C)(C)O[SiH2]CC[Si](C)(O[Si](C)(C)C)O[Si](C)(C)C.